The first kappa shape index (κ1) is 102. The molecule has 21 N–H and O–H groups in total. The first-order valence-electron chi connectivity index (χ1n) is 40.5. The van der Waals surface area contributed by atoms with Crippen molar-refractivity contribution in [1.29, 1.82) is 21.6 Å². The molecule has 1 aliphatic rings. The van der Waals surface area contributed by atoms with Crippen LogP contribution in [0, 0.1) is 64.0 Å². The largest absolute Gasteiger partial charge is 0.440 e. The molecule has 127 heavy (non-hydrogen) atoms. The number of hydrogen-bond donors (Lipinski definition) is 15. The van der Waals surface area contributed by atoms with E-state index in [4.69, 9.17) is 104 Å². The highest BCUT2D eigenvalue weighted by Gasteiger charge is 2.20. The van der Waals surface area contributed by atoms with Crippen molar-refractivity contribution < 1.29 is 41.6 Å². The van der Waals surface area contributed by atoms with Crippen LogP contribution in [0.15, 0.2) is 201 Å². The monoisotopic (exact) mass is 1800 g/mol. The maximum absolute atomic E-state index is 13.5. The van der Waals surface area contributed by atoms with Crippen LogP contribution in [0.4, 0.5) is 38.6 Å². The molecule has 0 atom stereocenters. The van der Waals surface area contributed by atoms with E-state index in [9.17, 15) is 28.4 Å². The summed E-state index contributed by atoms with van der Waals surface area (Å²) in [5.41, 5.74) is 42.8. The second-order valence-electron chi connectivity index (χ2n) is 31.3. The second kappa shape index (κ2) is 48.7. The summed E-state index contributed by atoms with van der Waals surface area (Å²) in [4.78, 5) is 79.2. The van der Waals surface area contributed by atoms with E-state index < -0.39 is 5.82 Å². The molecule has 1 aliphatic heterocycles. The van der Waals surface area contributed by atoms with Gasteiger partial charge in [0.25, 0.3) is 0 Å². The summed E-state index contributed by atoms with van der Waals surface area (Å²) in [5.74, 6) is 4.97. The number of nitrogen functional groups attached to an aromatic ring is 5. The van der Waals surface area contributed by atoms with Gasteiger partial charge in [0, 0.05) is 120 Å². The molecule has 12 aromatic rings. The molecule has 13 rings (SSSR count). The molecule has 0 unspecified atom stereocenters. The number of rotatable bonds is 20. The number of halogens is 4. The SMILES string of the molecule is CC(C)C(=O)Nc1ccc(C(=N)N)cc1Cl.CC(C)C(=O)Nc1ccc(C(=N)N)cc1F.CC(C)C(=O)Nc1ccc2c(N)nccc2c1.CC(C)C(=O)Nc1ccc2c(c1)CN=C2N.CC(C)c1ncc(-c2ccc(Cl)cc2)o1.CC(C)c1ncc(-c2ccc(Cl)s2)o1.CC(C)c1ncc(-c2cccc(C(=N)N)c2)o1.Cc1cc(C(=N)N)ccc1NC(=O)C(C)C. The molecule has 33 heteroatoms. The van der Waals surface area contributed by atoms with E-state index in [-0.39, 0.29) is 94.1 Å². The molecule has 0 fully saturated rings. The molecule has 0 aliphatic carbocycles. The highest BCUT2D eigenvalue weighted by atomic mass is 35.5. The summed E-state index contributed by atoms with van der Waals surface area (Å²) in [6.07, 6.45) is 6.86. The molecule has 5 amide bonds. The quantitative estimate of drug-likeness (QED) is 0.0249. The second-order valence-corrected chi connectivity index (χ2v) is 33.9. The number of thiophene rings is 1. The average molecular weight is 1810 g/mol. The fourth-order valence-electron chi connectivity index (χ4n) is 10.5. The number of fused-ring (bicyclic) bond motifs is 2. The average Bonchev–Trinajstić information content (AvgIpc) is 1.70. The lowest BCUT2D eigenvalue weighted by Gasteiger charge is -2.11. The lowest BCUT2D eigenvalue weighted by Crippen LogP contribution is -2.19. The van der Waals surface area contributed by atoms with Crippen LogP contribution in [0.25, 0.3) is 44.1 Å². The van der Waals surface area contributed by atoms with Crippen molar-refractivity contribution in [2.75, 3.05) is 32.3 Å². The van der Waals surface area contributed by atoms with Gasteiger partial charge in [-0.2, -0.15) is 0 Å². The molecule has 0 bridgehead atoms. The van der Waals surface area contributed by atoms with E-state index in [1.165, 1.54) is 23.5 Å². The predicted octanol–water partition coefficient (Wildman–Crippen LogP) is 20.8. The molecular weight excluding hydrogens is 1690 g/mol. The number of carbonyl (C=O) groups excluding carboxylic acids is 5. The minimum atomic E-state index is -0.596. The Bertz CT molecular complexity index is 5660. The van der Waals surface area contributed by atoms with Crippen LogP contribution in [-0.2, 0) is 30.5 Å². The maximum Gasteiger partial charge on any atom is 0.227 e. The molecular formula is C94H112Cl3FN20O8S. The van der Waals surface area contributed by atoms with Crippen LogP contribution in [-0.4, -0.2) is 78.6 Å². The van der Waals surface area contributed by atoms with Crippen molar-refractivity contribution in [2.24, 2.45) is 63.3 Å². The molecule has 0 radical (unpaired) electrons. The van der Waals surface area contributed by atoms with Gasteiger partial charge >= 0.3 is 0 Å². The third kappa shape index (κ3) is 32.3. The summed E-state index contributed by atoms with van der Waals surface area (Å²) >= 11 is 19.1. The number of aryl methyl sites for hydroxylation is 1. The van der Waals surface area contributed by atoms with E-state index >= 15 is 0 Å². The van der Waals surface area contributed by atoms with E-state index in [1.54, 1.807) is 94.9 Å². The van der Waals surface area contributed by atoms with Gasteiger partial charge in [-0.25, -0.2) is 24.3 Å². The summed E-state index contributed by atoms with van der Waals surface area (Å²) in [6, 6.07) is 46.0. The molecule has 0 saturated carbocycles. The van der Waals surface area contributed by atoms with Crippen molar-refractivity contribution in [1.82, 2.24) is 19.9 Å². The van der Waals surface area contributed by atoms with Crippen molar-refractivity contribution >= 4 is 150 Å². The molecule has 5 aromatic heterocycles. The van der Waals surface area contributed by atoms with Crippen LogP contribution < -0.4 is 61.0 Å². The lowest BCUT2D eigenvalue weighted by molar-refractivity contribution is -0.119. The highest BCUT2D eigenvalue weighted by Crippen LogP contribution is 2.34. The smallest absolute Gasteiger partial charge is 0.227 e. The number of nitrogens with zero attached hydrogens (tertiary/aromatic N) is 5. The Balaban J connectivity index is 0.000000224. The van der Waals surface area contributed by atoms with Crippen molar-refractivity contribution in [3.63, 3.8) is 0 Å². The van der Waals surface area contributed by atoms with Crippen LogP contribution in [0.3, 0.4) is 0 Å². The number of nitrogens with one attached hydrogen (secondary N) is 9. The standard InChI is InChI=1S/2C13H15N3O.C12H12ClNO.C12H15N3O.C12H17N3O.C11H14ClN3O.C11H14FN3O.C10H10ClNOS/c1-8(2)13(17)16-10-3-4-11-9(7-10)5-6-15-12(11)14;1-8(2)13-16-7-11(17-13)9-4-3-5-10(6-9)12(14)15;1-8(2)12-14-7-11(15-12)9-3-5-10(13)6-4-9;1-7(2)12(16)15-9-3-4-10-8(5-9)6-14-11(10)13;1-7(2)12(16)15-10-5-4-9(11(13)14)6-8(10)3;2*1-6(2)11(16)15-9-4-3-7(10(13)14)5-8(9)12;1-6(2)10-12-5-7(13-10)8-3-4-9(11)14-8/h3-8H,1-2H3,(H2,14,15)(H,16,17);3-8H,1-2H3,(H3,14,15);3-8H,1-2H3;3-5,7H,6H2,1-2H3,(H2,13,14)(H,15,16);4-7H,1-3H3,(H3,13,14)(H,15,16);2*3-6H,1-2H3,(H3,13,14)(H,15,16);3-6H,1-2H3. The number of amidine groups is 5. The summed E-state index contributed by atoms with van der Waals surface area (Å²) in [7, 11) is 0. The molecule has 6 heterocycles. The fraction of sp³-hybridized carbons (Fsp3) is 0.277. The third-order valence-electron chi connectivity index (χ3n) is 18.1. The Morgan fingerprint density at radius 1 is 0.441 bits per heavy atom. The van der Waals surface area contributed by atoms with Crippen LogP contribution in [0.1, 0.15) is 185 Å². The van der Waals surface area contributed by atoms with Gasteiger partial charge < -0.3 is 74.2 Å². The molecule has 28 nitrogen and oxygen atoms in total. The van der Waals surface area contributed by atoms with E-state index in [1.807, 2.05) is 159 Å². The topological polar surface area (TPSA) is 500 Å². The predicted molar refractivity (Wildman–Crippen MR) is 513 cm³/mol. The van der Waals surface area contributed by atoms with Crippen molar-refractivity contribution in [3.05, 3.63) is 259 Å². The van der Waals surface area contributed by atoms with Gasteiger partial charge in [0.1, 0.15) is 40.8 Å². The van der Waals surface area contributed by atoms with Gasteiger partial charge in [-0.15, -0.1) is 11.3 Å². The Morgan fingerprint density at radius 3 is 1.34 bits per heavy atom. The number of carbonyl (C=O) groups is 5. The number of amides is 5. The van der Waals surface area contributed by atoms with Crippen LogP contribution >= 0.6 is 46.1 Å². The summed E-state index contributed by atoms with van der Waals surface area (Å²) < 4.78 is 31.1. The maximum atomic E-state index is 13.5. The highest BCUT2D eigenvalue weighted by molar-refractivity contribution is 7.19. The van der Waals surface area contributed by atoms with Gasteiger partial charge in [0.2, 0.25) is 29.5 Å². The zero-order valence-electron chi connectivity index (χ0n) is 74.0. The summed E-state index contributed by atoms with van der Waals surface area (Å²) in [6.45, 7) is 32.9. The minimum absolute atomic E-state index is 0.00591. The molecule has 0 saturated heterocycles. The third-order valence-corrected chi connectivity index (χ3v) is 19.9. The van der Waals surface area contributed by atoms with Gasteiger partial charge in [-0.05, 0) is 163 Å². The lowest BCUT2D eigenvalue weighted by atomic mass is 10.1. The number of hydrogen-bond acceptors (Lipinski definition) is 20. The normalized spacial score (nSPS) is 11.0. The number of nitrogens with two attached hydrogens (primary N) is 6. The Labute approximate surface area is 758 Å². The first-order chi connectivity index (χ1) is 59.8. The van der Waals surface area contributed by atoms with Crippen molar-refractivity contribution in [2.45, 2.75) is 142 Å². The van der Waals surface area contributed by atoms with E-state index in [0.717, 1.165) is 99.3 Å². The number of aliphatic imine (C=N–C) groups is 1. The van der Waals surface area contributed by atoms with Crippen LogP contribution in [0.2, 0.25) is 14.4 Å². The molecule has 7 aromatic carbocycles. The number of aromatic nitrogens is 4. The number of oxazole rings is 3. The van der Waals surface area contributed by atoms with E-state index in [2.05, 4.69) is 79.2 Å². The number of benzene rings is 7. The van der Waals surface area contributed by atoms with Gasteiger partial charge in [0.05, 0.1) is 50.7 Å². The van der Waals surface area contributed by atoms with Gasteiger partial charge in [0.15, 0.2) is 35.0 Å². The fourth-order valence-corrected chi connectivity index (χ4v) is 11.8. The Hall–Kier alpha value is -13.4. The molecule has 670 valence electrons. The first-order valence-corrected chi connectivity index (χ1v) is 42.4. The Morgan fingerprint density at radius 2 is 0.874 bits per heavy atom. The van der Waals surface area contributed by atoms with Gasteiger partial charge in [-0.1, -0.05) is 164 Å². The summed E-state index contributed by atoms with van der Waals surface area (Å²) in [5, 5.41) is 45.7. The van der Waals surface area contributed by atoms with Gasteiger partial charge in [-0.3, -0.25) is 50.6 Å². The van der Waals surface area contributed by atoms with Crippen LogP contribution in [0.5, 0.6) is 0 Å². The van der Waals surface area contributed by atoms with E-state index in [0.29, 0.717) is 74.6 Å². The number of anilines is 6. The Kier molecular flexibility index (Phi) is 39.3. The zero-order valence-corrected chi connectivity index (χ0v) is 77.1. The zero-order chi connectivity index (χ0) is 94.4. The molecule has 0 spiro atoms. The van der Waals surface area contributed by atoms with Crippen molar-refractivity contribution in [3.8, 4) is 33.3 Å². The minimum Gasteiger partial charge on any atom is -0.440 e. The number of pyridine rings is 1.